The number of rotatable bonds is 23. The number of carbonyl (C=O) groups excluding carboxylic acids is 2. The van der Waals surface area contributed by atoms with Gasteiger partial charge in [-0.05, 0) is 97.9 Å². The molecule has 0 aliphatic carbocycles. The van der Waals surface area contributed by atoms with Gasteiger partial charge in [0, 0.05) is 69.2 Å². The minimum atomic E-state index is -0.135. The third-order valence-corrected chi connectivity index (χ3v) is 13.5. The number of ether oxygens (including phenoxy) is 4. The van der Waals surface area contributed by atoms with Crippen LogP contribution in [-0.4, -0.2) is 83.8 Å². The molecule has 72 heavy (non-hydrogen) atoms. The molecular formula is C54H64Cl4N4O9S. The number of nitrogens with zero attached hydrogens (tertiary/aromatic N) is 3. The molecule has 4 atom stereocenters. The predicted molar refractivity (Wildman–Crippen MR) is 285 cm³/mol. The van der Waals surface area contributed by atoms with Crippen LogP contribution in [0.2, 0.25) is 20.1 Å². The van der Waals surface area contributed by atoms with Crippen molar-refractivity contribution >= 4 is 70.3 Å². The van der Waals surface area contributed by atoms with Crippen LogP contribution in [0.25, 0.3) is 0 Å². The lowest BCUT2D eigenvalue weighted by Gasteiger charge is -2.25. The average Bonchev–Trinajstić information content (AvgIpc) is 4.12. The van der Waals surface area contributed by atoms with Crippen molar-refractivity contribution in [2.24, 2.45) is 0 Å². The van der Waals surface area contributed by atoms with E-state index < -0.39 is 0 Å². The van der Waals surface area contributed by atoms with Gasteiger partial charge in [0.05, 0.1) is 47.0 Å². The monoisotopic (exact) mass is 1080 g/mol. The van der Waals surface area contributed by atoms with Gasteiger partial charge < -0.3 is 28.5 Å². The second-order valence-electron chi connectivity index (χ2n) is 16.8. The summed E-state index contributed by atoms with van der Waals surface area (Å²) in [5, 5.41) is 2.09. The second-order valence-corrected chi connectivity index (χ2v) is 18.9. The summed E-state index contributed by atoms with van der Waals surface area (Å²) in [7, 11) is 1.42. The van der Waals surface area contributed by atoms with E-state index in [2.05, 4.69) is 24.2 Å². The molecule has 1 N–H and O–H groups in total. The van der Waals surface area contributed by atoms with E-state index in [9.17, 15) is 9.59 Å². The largest absolute Gasteiger partial charge is 0.353 e. The molecule has 8 rings (SSSR count). The molecule has 6 aromatic rings. The predicted octanol–water partition coefficient (Wildman–Crippen LogP) is 14.0. The van der Waals surface area contributed by atoms with Crippen molar-refractivity contribution in [3.8, 4) is 0 Å². The topological polar surface area (TPSA) is 145 Å². The molecule has 388 valence electrons. The molecule has 2 aliphatic heterocycles. The van der Waals surface area contributed by atoms with Gasteiger partial charge >= 0.3 is 0 Å². The van der Waals surface area contributed by atoms with Gasteiger partial charge in [-0.1, -0.05) is 127 Å². The number of hydrogen-bond donors (Lipinski definition) is 1. The number of Topliss-reactive ketones (excluding diaryl/α,β-unsaturated/α-hetero) is 2. The van der Waals surface area contributed by atoms with Gasteiger partial charge in [-0.2, -0.15) is 0 Å². The lowest BCUT2D eigenvalue weighted by molar-refractivity contribution is -0.167. The van der Waals surface area contributed by atoms with Gasteiger partial charge in [0.15, 0.2) is 36.6 Å². The number of carbonyl (C=O) groups is 2. The van der Waals surface area contributed by atoms with E-state index >= 15 is 0 Å². The maximum absolute atomic E-state index is 13.0. The number of H-pyrrole nitrogens is 1. The Hall–Kier alpha value is -4.13. The lowest BCUT2D eigenvalue weighted by atomic mass is 9.95. The summed E-state index contributed by atoms with van der Waals surface area (Å²) in [6, 6.07) is 30.6. The SMILES string of the molecule is C.COOSOCC(CCOC1CCCCO1)c1ccc(Cl)c(Cl)c1.O=C(Cc1ccccc1)c1ncc[nH]1.O=C(Cc1ccccc1)c1nccn1CC(CCOC1CCCCO1)c1ccc(Cl)c(Cl)c1. The van der Waals surface area contributed by atoms with E-state index in [1.165, 1.54) is 7.11 Å². The van der Waals surface area contributed by atoms with E-state index in [-0.39, 0.29) is 43.4 Å². The number of halogens is 4. The van der Waals surface area contributed by atoms with Crippen LogP contribution in [0.3, 0.4) is 0 Å². The van der Waals surface area contributed by atoms with Crippen molar-refractivity contribution in [1.82, 2.24) is 19.5 Å². The van der Waals surface area contributed by atoms with Gasteiger partial charge in [0.25, 0.3) is 0 Å². The third-order valence-electron chi connectivity index (χ3n) is 11.6. The highest BCUT2D eigenvalue weighted by atomic mass is 35.5. The Morgan fingerprint density at radius 1 is 0.708 bits per heavy atom. The van der Waals surface area contributed by atoms with Crippen LogP contribution in [0.4, 0.5) is 0 Å². The van der Waals surface area contributed by atoms with Crippen LogP contribution in [0, 0.1) is 0 Å². The molecule has 2 aliphatic rings. The van der Waals surface area contributed by atoms with Crippen molar-refractivity contribution in [3.05, 3.63) is 176 Å². The Morgan fingerprint density at radius 3 is 1.78 bits per heavy atom. The smallest absolute Gasteiger partial charge is 0.202 e. The first-order chi connectivity index (χ1) is 34.7. The van der Waals surface area contributed by atoms with Crippen LogP contribution in [0.5, 0.6) is 0 Å². The molecular weight excluding hydrogens is 1020 g/mol. The van der Waals surface area contributed by atoms with Crippen molar-refractivity contribution in [2.75, 3.05) is 40.1 Å². The highest BCUT2D eigenvalue weighted by molar-refractivity contribution is 7.89. The number of nitrogens with one attached hydrogen (secondary N) is 1. The quantitative estimate of drug-likeness (QED) is 0.0214. The molecule has 4 heterocycles. The fraction of sp³-hybridized carbons (Fsp3) is 0.407. The normalized spacial score (nSPS) is 16.2. The summed E-state index contributed by atoms with van der Waals surface area (Å²) in [5.41, 5.74) is 4.07. The van der Waals surface area contributed by atoms with E-state index in [0.717, 1.165) is 99.2 Å². The van der Waals surface area contributed by atoms with Crippen LogP contribution in [0.15, 0.2) is 122 Å². The molecule has 2 aromatic heterocycles. The molecule has 13 nitrogen and oxygen atoms in total. The fourth-order valence-corrected chi connectivity index (χ4v) is 8.79. The van der Waals surface area contributed by atoms with Gasteiger partial charge in [-0.15, -0.1) is 4.33 Å². The van der Waals surface area contributed by atoms with Crippen LogP contribution in [-0.2, 0) is 51.7 Å². The minimum absolute atomic E-state index is 0. The molecule has 0 radical (unpaired) electrons. The highest BCUT2D eigenvalue weighted by Crippen LogP contribution is 2.32. The van der Waals surface area contributed by atoms with E-state index in [1.807, 2.05) is 102 Å². The summed E-state index contributed by atoms with van der Waals surface area (Å²) < 4.78 is 35.1. The molecule has 4 aromatic carbocycles. The molecule has 2 fully saturated rings. The molecule has 18 heteroatoms. The average molecular weight is 1090 g/mol. The highest BCUT2D eigenvalue weighted by Gasteiger charge is 2.22. The summed E-state index contributed by atoms with van der Waals surface area (Å²) in [6.45, 7) is 3.67. The number of imidazole rings is 2. The Bertz CT molecular complexity index is 2460. The van der Waals surface area contributed by atoms with Crippen molar-refractivity contribution in [2.45, 2.75) is 103 Å². The van der Waals surface area contributed by atoms with Crippen LogP contribution < -0.4 is 0 Å². The number of benzene rings is 4. The van der Waals surface area contributed by atoms with Gasteiger partial charge in [-0.25, -0.2) is 14.9 Å². The molecule has 0 saturated carbocycles. The van der Waals surface area contributed by atoms with Gasteiger partial charge in [0.2, 0.25) is 11.6 Å². The van der Waals surface area contributed by atoms with E-state index in [1.54, 1.807) is 24.7 Å². The Balaban J connectivity index is 0.000000216. The number of ketones is 2. The molecule has 0 spiro atoms. The second kappa shape index (κ2) is 32.9. The maximum atomic E-state index is 13.0. The first-order valence-electron chi connectivity index (χ1n) is 23.7. The zero-order chi connectivity index (χ0) is 50.0. The Labute approximate surface area is 447 Å². The summed E-state index contributed by atoms with van der Waals surface area (Å²) in [5.74, 6) is 1.05. The first kappa shape index (κ1) is 58.8. The van der Waals surface area contributed by atoms with Crippen LogP contribution in [0.1, 0.15) is 114 Å². The number of hydrogen-bond acceptors (Lipinski definition) is 12. The number of aromatic amines is 1. The van der Waals surface area contributed by atoms with Gasteiger partial charge in [-0.3, -0.25) is 13.8 Å². The fourth-order valence-electron chi connectivity index (χ4n) is 7.86. The van der Waals surface area contributed by atoms with Crippen LogP contribution >= 0.6 is 58.7 Å². The molecule has 4 unspecified atom stereocenters. The summed E-state index contributed by atoms with van der Waals surface area (Å²) in [4.78, 5) is 40.1. The first-order valence-corrected chi connectivity index (χ1v) is 25.8. The van der Waals surface area contributed by atoms with Crippen molar-refractivity contribution in [3.63, 3.8) is 0 Å². The van der Waals surface area contributed by atoms with Gasteiger partial charge in [0.1, 0.15) is 0 Å². The molecule has 0 bridgehead atoms. The summed E-state index contributed by atoms with van der Waals surface area (Å²) >= 11 is 25.4. The summed E-state index contributed by atoms with van der Waals surface area (Å²) in [6.07, 6.45) is 15.1. The van der Waals surface area contributed by atoms with Crippen molar-refractivity contribution < 1.29 is 41.9 Å². The van der Waals surface area contributed by atoms with E-state index in [0.29, 0.717) is 70.9 Å². The van der Waals surface area contributed by atoms with Crippen molar-refractivity contribution in [1.29, 1.82) is 0 Å². The zero-order valence-corrected chi connectivity index (χ0v) is 43.4. The Morgan fingerprint density at radius 2 is 1.26 bits per heavy atom. The standard InChI is InChI=1S/C26H28Cl2N2O3.C16H22Cl2O5S.C11H10N2O.CH4/c27-22-10-9-20(17-23(22)28)21(11-15-33-25-8-4-5-14-32-25)18-30-13-12-29-26(30)24(31)16-19-6-2-1-3-7-19;1-19-23-24-22-11-13(12-5-6-14(17)15(18)10-12)7-9-21-16-4-2-3-8-20-16;14-10(11-12-6-7-13-11)8-9-4-2-1-3-5-9;/h1-3,6-7,9-10,12-13,17,21,25H,4-5,8,11,14-16,18H2;5-6,10,13,16H,2-4,7-9,11H2,1H3;1-7H,8H2,(H,12,13);1H4. The molecule has 2 saturated heterocycles. The lowest BCUT2D eigenvalue weighted by Crippen LogP contribution is -2.24. The zero-order valence-electron chi connectivity index (χ0n) is 39.6. The minimum Gasteiger partial charge on any atom is -0.353 e. The Kier molecular flexibility index (Phi) is 26.9. The number of aromatic nitrogens is 4. The third kappa shape index (κ3) is 20.3. The molecule has 0 amide bonds. The maximum Gasteiger partial charge on any atom is 0.202 e. The van der Waals surface area contributed by atoms with E-state index in [4.69, 9.17) is 69.5 Å².